The summed E-state index contributed by atoms with van der Waals surface area (Å²) in [4.78, 5) is 44.5. The van der Waals surface area contributed by atoms with Gasteiger partial charge in [0.15, 0.2) is 0 Å². The van der Waals surface area contributed by atoms with Crippen LogP contribution >= 0.6 is 0 Å². The predicted molar refractivity (Wildman–Crippen MR) is 141 cm³/mol. The molecule has 1 saturated heterocycles. The highest BCUT2D eigenvalue weighted by Gasteiger charge is 2.65. The average molecular weight is 515 g/mol. The zero-order valence-electron chi connectivity index (χ0n) is 22.5. The average Bonchev–Trinajstić information content (AvgIpc) is 3.07. The molecule has 204 valence electrons. The lowest BCUT2D eigenvalue weighted by atomic mass is 9.52. The Balaban J connectivity index is 1.57. The van der Waals surface area contributed by atoms with Crippen molar-refractivity contribution in [3.63, 3.8) is 0 Å². The molecule has 10 heteroatoms. The molecule has 10 nitrogen and oxygen atoms in total. The van der Waals surface area contributed by atoms with Gasteiger partial charge >= 0.3 is 0 Å². The molecule has 4 fully saturated rings. The summed E-state index contributed by atoms with van der Waals surface area (Å²) in [6.45, 7) is 6.02. The van der Waals surface area contributed by atoms with Gasteiger partial charge in [0, 0.05) is 39.4 Å². The number of morpholine rings is 1. The molecule has 0 radical (unpaired) electrons. The number of hydrogen-bond acceptors (Lipinski definition) is 7. The van der Waals surface area contributed by atoms with Crippen LogP contribution in [0.15, 0.2) is 28.7 Å². The molecule has 1 heterocycles. The third kappa shape index (κ3) is 5.26. The van der Waals surface area contributed by atoms with E-state index in [-0.39, 0.29) is 41.0 Å². The van der Waals surface area contributed by atoms with Crippen LogP contribution in [0, 0.1) is 28.6 Å². The number of nitrogens with one attached hydrogen (secondary N) is 3. The number of primary amides is 1. The second-order valence-electron chi connectivity index (χ2n) is 11.5. The molecule has 3 unspecified atom stereocenters. The summed E-state index contributed by atoms with van der Waals surface area (Å²) >= 11 is 0. The zero-order valence-corrected chi connectivity index (χ0v) is 22.5. The van der Waals surface area contributed by atoms with Crippen molar-refractivity contribution < 1.29 is 19.1 Å². The van der Waals surface area contributed by atoms with Crippen molar-refractivity contribution in [3.8, 4) is 0 Å². The van der Waals surface area contributed by atoms with Crippen molar-refractivity contribution >= 4 is 23.9 Å². The van der Waals surface area contributed by atoms with Gasteiger partial charge in [0.2, 0.25) is 11.8 Å². The molecule has 4 aliphatic rings. The van der Waals surface area contributed by atoms with E-state index in [4.69, 9.17) is 10.5 Å². The number of amides is 3. The van der Waals surface area contributed by atoms with E-state index in [0.717, 1.165) is 32.1 Å². The van der Waals surface area contributed by atoms with E-state index in [1.54, 1.807) is 32.6 Å². The van der Waals surface area contributed by atoms with Crippen molar-refractivity contribution in [1.82, 2.24) is 20.9 Å². The molecule has 4 rings (SSSR count). The smallest absolute Gasteiger partial charge is 0.256 e. The molecular weight excluding hydrogens is 472 g/mol. The summed E-state index contributed by atoms with van der Waals surface area (Å²) in [6, 6.07) is 0.00388. The maximum absolute atomic E-state index is 13.8. The van der Waals surface area contributed by atoms with Crippen molar-refractivity contribution in [3.05, 3.63) is 23.7 Å². The van der Waals surface area contributed by atoms with Crippen LogP contribution in [0.4, 0.5) is 0 Å². The van der Waals surface area contributed by atoms with Crippen LogP contribution in [0.2, 0.25) is 0 Å². The summed E-state index contributed by atoms with van der Waals surface area (Å²) in [6.07, 6.45) is 9.69. The first kappa shape index (κ1) is 27.2. The van der Waals surface area contributed by atoms with Crippen LogP contribution < -0.4 is 21.7 Å². The molecule has 3 amide bonds. The Morgan fingerprint density at radius 1 is 1.16 bits per heavy atom. The zero-order chi connectivity index (χ0) is 26.8. The first-order valence-electron chi connectivity index (χ1n) is 13.4. The van der Waals surface area contributed by atoms with Crippen LogP contribution in [0.5, 0.6) is 0 Å². The molecule has 0 aromatic heterocycles. The lowest BCUT2D eigenvalue weighted by Gasteiger charge is -2.53. The molecule has 5 atom stereocenters. The summed E-state index contributed by atoms with van der Waals surface area (Å²) < 4.78 is 5.53. The quantitative estimate of drug-likeness (QED) is 0.266. The van der Waals surface area contributed by atoms with Crippen LogP contribution in [-0.2, 0) is 19.1 Å². The van der Waals surface area contributed by atoms with Gasteiger partial charge in [0.1, 0.15) is 5.82 Å². The number of carbonyl (C=O) groups is 3. The van der Waals surface area contributed by atoms with E-state index in [9.17, 15) is 14.4 Å². The molecule has 1 aliphatic heterocycles. The Bertz CT molecular complexity index is 999. The highest BCUT2D eigenvalue weighted by Crippen LogP contribution is 2.66. The fourth-order valence-electron chi connectivity index (χ4n) is 6.85. The largest absolute Gasteiger partial charge is 0.378 e. The van der Waals surface area contributed by atoms with Crippen LogP contribution in [-0.4, -0.2) is 75.3 Å². The number of fused-ring (bicyclic) bond motifs is 1. The number of ether oxygens (including phenoxy) is 1. The molecule has 3 aliphatic carbocycles. The van der Waals surface area contributed by atoms with E-state index in [1.165, 1.54) is 0 Å². The molecule has 37 heavy (non-hydrogen) atoms. The van der Waals surface area contributed by atoms with E-state index in [2.05, 4.69) is 25.8 Å². The monoisotopic (exact) mass is 514 g/mol. The Hall–Kier alpha value is -2.88. The van der Waals surface area contributed by atoms with E-state index in [0.29, 0.717) is 43.6 Å². The second kappa shape index (κ2) is 10.8. The summed E-state index contributed by atoms with van der Waals surface area (Å²) in [7, 11) is 3.26. The Morgan fingerprint density at radius 2 is 1.89 bits per heavy atom. The number of carbonyl (C=O) groups excluding carboxylic acids is 3. The maximum Gasteiger partial charge on any atom is 0.256 e. The molecule has 0 spiro atoms. The summed E-state index contributed by atoms with van der Waals surface area (Å²) in [5.41, 5.74) is 5.17. The van der Waals surface area contributed by atoms with Crippen molar-refractivity contribution in [2.75, 3.05) is 40.4 Å². The standard InChI is InChI=1S/C27H42N6O4/c1-26(2,25(36)30-4)7-8-31-22(33-9-11-37-12-10-33)19(16-29-3)23(34)32-21-6-5-17-13-20-18(21)15-27(20,14-17)24(28)35/h7-8,16-18,20-21,31H,5-6,9-15H2,1-4H3,(H2,28,35)(H,30,36)(H,32,34)/b8-7+,22-19-,29-16?/t17?,18?,20?,21-,27-/m1/s1. The molecular formula is C27H42N6O4. The lowest BCUT2D eigenvalue weighted by molar-refractivity contribution is -0.145. The van der Waals surface area contributed by atoms with Gasteiger partial charge < -0.3 is 31.3 Å². The van der Waals surface area contributed by atoms with Gasteiger partial charge in [-0.1, -0.05) is 6.08 Å². The van der Waals surface area contributed by atoms with Gasteiger partial charge in [-0.2, -0.15) is 0 Å². The third-order valence-electron chi connectivity index (χ3n) is 8.89. The summed E-state index contributed by atoms with van der Waals surface area (Å²) in [5.74, 6) is 1.20. The minimum absolute atomic E-state index is 0.00388. The number of hydrogen-bond donors (Lipinski definition) is 4. The first-order chi connectivity index (χ1) is 17.6. The van der Waals surface area contributed by atoms with Crippen molar-refractivity contribution in [2.45, 2.75) is 52.0 Å². The fourth-order valence-corrected chi connectivity index (χ4v) is 6.85. The van der Waals surface area contributed by atoms with Gasteiger partial charge in [-0.25, -0.2) is 0 Å². The second-order valence-corrected chi connectivity index (χ2v) is 11.5. The SMILES string of the molecule is CN=C/C(C(=O)N[C@@H]1CCC2CC3C1C[C@]3(C(N)=O)C2)=C(\N/C=C/C(C)(C)C(=O)NC)N1CCOCC1. The number of aliphatic imine (C=N–C) groups is 1. The van der Waals surface area contributed by atoms with Gasteiger partial charge in [-0.3, -0.25) is 19.4 Å². The minimum atomic E-state index is -0.726. The molecule has 2 bridgehead atoms. The number of nitrogens with two attached hydrogens (primary N) is 1. The number of nitrogens with zero attached hydrogens (tertiary/aromatic N) is 2. The molecule has 3 saturated carbocycles. The van der Waals surface area contributed by atoms with Gasteiger partial charge in [0.05, 0.1) is 29.6 Å². The normalized spacial score (nSPS) is 31.9. The van der Waals surface area contributed by atoms with Gasteiger partial charge in [0.25, 0.3) is 5.91 Å². The Kier molecular flexibility index (Phi) is 7.96. The van der Waals surface area contributed by atoms with Gasteiger partial charge in [-0.05, 0) is 69.9 Å². The summed E-state index contributed by atoms with van der Waals surface area (Å²) in [5, 5.41) is 9.26. The first-order valence-corrected chi connectivity index (χ1v) is 13.4. The minimum Gasteiger partial charge on any atom is -0.378 e. The molecule has 0 aromatic rings. The van der Waals surface area contributed by atoms with Crippen molar-refractivity contribution in [1.29, 1.82) is 0 Å². The lowest BCUT2D eigenvalue weighted by Crippen LogP contribution is -2.59. The predicted octanol–water partition coefficient (Wildman–Crippen LogP) is 0.903. The maximum atomic E-state index is 13.8. The molecule has 0 aromatic carbocycles. The topological polar surface area (TPSA) is 138 Å². The van der Waals surface area contributed by atoms with Crippen LogP contribution in [0.3, 0.4) is 0 Å². The van der Waals surface area contributed by atoms with E-state index < -0.39 is 5.41 Å². The van der Waals surface area contributed by atoms with E-state index in [1.807, 2.05) is 13.8 Å². The Labute approximate surface area is 219 Å². The van der Waals surface area contributed by atoms with Crippen LogP contribution in [0.1, 0.15) is 46.0 Å². The Morgan fingerprint density at radius 3 is 2.54 bits per heavy atom. The highest BCUT2D eigenvalue weighted by molar-refractivity contribution is 6.12. The van der Waals surface area contributed by atoms with Crippen molar-refractivity contribution in [2.24, 2.45) is 39.3 Å². The van der Waals surface area contributed by atoms with Crippen LogP contribution in [0.25, 0.3) is 0 Å². The van der Waals surface area contributed by atoms with E-state index >= 15 is 0 Å². The number of rotatable bonds is 9. The third-order valence-corrected chi connectivity index (χ3v) is 8.89. The molecule has 5 N–H and O–H groups in total. The van der Waals surface area contributed by atoms with Gasteiger partial charge in [-0.15, -0.1) is 0 Å². The highest BCUT2D eigenvalue weighted by atomic mass is 16.5. The fraction of sp³-hybridized carbons (Fsp3) is 0.704.